The molecule has 2 aromatic rings. The molecule has 0 aromatic heterocycles. The fourth-order valence-electron chi connectivity index (χ4n) is 3.33. The van der Waals surface area contributed by atoms with Gasteiger partial charge in [-0.2, -0.15) is 0 Å². The van der Waals surface area contributed by atoms with E-state index in [0.717, 1.165) is 17.5 Å². The van der Waals surface area contributed by atoms with E-state index in [2.05, 4.69) is 19.1 Å². The molecular formula is C23H24F2. The first-order chi connectivity index (χ1) is 12.1. The van der Waals surface area contributed by atoms with Crippen LogP contribution in [0.3, 0.4) is 0 Å². The van der Waals surface area contributed by atoms with Gasteiger partial charge >= 0.3 is 0 Å². The zero-order valence-electron chi connectivity index (χ0n) is 14.6. The average Bonchev–Trinajstić information content (AvgIpc) is 2.65. The number of aryl methyl sites for hydroxylation is 1. The second kappa shape index (κ2) is 7.77. The maximum Gasteiger partial charge on any atom is 0.189 e. The zero-order valence-corrected chi connectivity index (χ0v) is 14.6. The largest absolute Gasteiger partial charge is 0.239 e. The molecule has 1 aliphatic rings. The molecule has 3 rings (SSSR count). The lowest BCUT2D eigenvalue weighted by atomic mass is 9.83. The molecule has 130 valence electrons. The third kappa shape index (κ3) is 3.73. The third-order valence-electron chi connectivity index (χ3n) is 4.81. The van der Waals surface area contributed by atoms with Gasteiger partial charge in [-0.3, -0.25) is 0 Å². The molecule has 0 bridgehead atoms. The van der Waals surface area contributed by atoms with Crippen molar-refractivity contribution >= 4 is 0 Å². The molecule has 0 aliphatic heterocycles. The van der Waals surface area contributed by atoms with Gasteiger partial charge in [-0.25, -0.2) is 8.78 Å². The van der Waals surface area contributed by atoms with Crippen LogP contribution in [-0.4, -0.2) is 6.17 Å². The van der Waals surface area contributed by atoms with E-state index in [1.54, 1.807) is 24.3 Å². The molecule has 0 saturated carbocycles. The van der Waals surface area contributed by atoms with E-state index in [1.165, 1.54) is 37.0 Å². The average molecular weight is 338 g/mol. The summed E-state index contributed by atoms with van der Waals surface area (Å²) >= 11 is 0. The summed E-state index contributed by atoms with van der Waals surface area (Å²) < 4.78 is 29.8. The quantitative estimate of drug-likeness (QED) is 0.513. The Bertz CT molecular complexity index is 758. The van der Waals surface area contributed by atoms with Gasteiger partial charge in [-0.1, -0.05) is 80.4 Å². The summed E-state index contributed by atoms with van der Waals surface area (Å²) in [6.45, 7) is 2.19. The van der Waals surface area contributed by atoms with Crippen LogP contribution in [0, 0.1) is 0 Å². The van der Waals surface area contributed by atoms with E-state index in [-0.39, 0.29) is 0 Å². The summed E-state index contributed by atoms with van der Waals surface area (Å²) in [6, 6.07) is 15.4. The van der Waals surface area contributed by atoms with Crippen molar-refractivity contribution in [1.82, 2.24) is 0 Å². The number of unbranched alkanes of at least 4 members (excludes halogenated alkanes) is 2. The molecule has 0 saturated heterocycles. The number of halogens is 2. The lowest BCUT2D eigenvalue weighted by Crippen LogP contribution is -2.30. The first-order valence-corrected chi connectivity index (χ1v) is 9.03. The van der Waals surface area contributed by atoms with Crippen LogP contribution in [0.2, 0.25) is 0 Å². The van der Waals surface area contributed by atoms with Gasteiger partial charge in [0, 0.05) is 5.56 Å². The van der Waals surface area contributed by atoms with Gasteiger partial charge in [-0.05, 0) is 41.7 Å². The van der Waals surface area contributed by atoms with Crippen molar-refractivity contribution in [3.63, 3.8) is 0 Å². The Balaban J connectivity index is 1.91. The summed E-state index contributed by atoms with van der Waals surface area (Å²) in [5.41, 5.74) is 1.20. The number of rotatable bonds is 6. The molecule has 2 unspecified atom stereocenters. The van der Waals surface area contributed by atoms with Gasteiger partial charge in [-0.15, -0.1) is 0 Å². The highest BCUT2D eigenvalue weighted by atomic mass is 19.2. The number of allylic oxidation sites excluding steroid dienone is 4. The Morgan fingerprint density at radius 3 is 2.44 bits per heavy atom. The first-order valence-electron chi connectivity index (χ1n) is 9.03. The number of hydrogen-bond acceptors (Lipinski definition) is 0. The molecular weight excluding hydrogens is 314 g/mol. The predicted octanol–water partition coefficient (Wildman–Crippen LogP) is 6.72. The Labute approximate surface area is 148 Å². The van der Waals surface area contributed by atoms with Crippen molar-refractivity contribution in [1.29, 1.82) is 0 Å². The van der Waals surface area contributed by atoms with Crippen LogP contribution >= 0.6 is 0 Å². The number of alkyl halides is 2. The Morgan fingerprint density at radius 1 is 0.960 bits per heavy atom. The summed E-state index contributed by atoms with van der Waals surface area (Å²) in [5, 5.41) is 0. The SMILES string of the molecule is CCCCCc1ccc(-c2ccccc2C2(F)C=CC=CC2F)cc1. The molecule has 2 atom stereocenters. The van der Waals surface area contributed by atoms with Crippen LogP contribution in [0.25, 0.3) is 11.1 Å². The molecule has 0 fully saturated rings. The van der Waals surface area contributed by atoms with Crippen molar-refractivity contribution in [2.45, 2.75) is 44.4 Å². The molecule has 1 aliphatic carbocycles. The topological polar surface area (TPSA) is 0 Å². The molecule has 0 nitrogen and oxygen atoms in total. The molecule has 0 amide bonds. The Hall–Kier alpha value is -2.22. The summed E-state index contributed by atoms with van der Waals surface area (Å²) in [4.78, 5) is 0. The third-order valence-corrected chi connectivity index (χ3v) is 4.81. The summed E-state index contributed by atoms with van der Waals surface area (Å²) in [7, 11) is 0. The van der Waals surface area contributed by atoms with Crippen LogP contribution in [0.4, 0.5) is 8.78 Å². The number of hydrogen-bond donors (Lipinski definition) is 0. The van der Waals surface area contributed by atoms with Crippen molar-refractivity contribution in [3.05, 3.63) is 84.0 Å². The highest BCUT2D eigenvalue weighted by Crippen LogP contribution is 2.41. The molecule has 25 heavy (non-hydrogen) atoms. The maximum atomic E-state index is 15.4. The highest BCUT2D eigenvalue weighted by molar-refractivity contribution is 5.70. The minimum Gasteiger partial charge on any atom is -0.239 e. The van der Waals surface area contributed by atoms with Gasteiger partial charge in [0.1, 0.15) is 0 Å². The second-order valence-corrected chi connectivity index (χ2v) is 6.61. The summed E-state index contributed by atoms with van der Waals surface area (Å²) in [6.07, 6.45) is 8.71. The lowest BCUT2D eigenvalue weighted by Gasteiger charge is -2.28. The van der Waals surface area contributed by atoms with Gasteiger partial charge in [0.05, 0.1) is 0 Å². The molecule has 0 N–H and O–H groups in total. The van der Waals surface area contributed by atoms with E-state index in [1.807, 2.05) is 24.3 Å². The fraction of sp³-hybridized carbons (Fsp3) is 0.304. The van der Waals surface area contributed by atoms with Crippen LogP contribution in [0.5, 0.6) is 0 Å². The molecule has 0 heterocycles. The smallest absolute Gasteiger partial charge is 0.189 e. The maximum absolute atomic E-state index is 15.4. The van der Waals surface area contributed by atoms with E-state index in [0.29, 0.717) is 5.56 Å². The monoisotopic (exact) mass is 338 g/mol. The van der Waals surface area contributed by atoms with Gasteiger partial charge in [0.15, 0.2) is 11.8 Å². The van der Waals surface area contributed by atoms with Crippen LogP contribution in [-0.2, 0) is 12.1 Å². The lowest BCUT2D eigenvalue weighted by molar-refractivity contribution is 0.125. The van der Waals surface area contributed by atoms with Crippen molar-refractivity contribution in [3.8, 4) is 11.1 Å². The normalized spacial score (nSPS) is 22.3. The second-order valence-electron chi connectivity index (χ2n) is 6.61. The minimum atomic E-state index is -2.12. The van der Waals surface area contributed by atoms with Crippen molar-refractivity contribution in [2.75, 3.05) is 0 Å². The first kappa shape index (κ1) is 17.6. The van der Waals surface area contributed by atoms with Gasteiger partial charge < -0.3 is 0 Å². The van der Waals surface area contributed by atoms with Crippen molar-refractivity contribution < 1.29 is 8.78 Å². The van der Waals surface area contributed by atoms with Gasteiger partial charge in [0.2, 0.25) is 0 Å². The molecule has 0 radical (unpaired) electrons. The van der Waals surface area contributed by atoms with Crippen LogP contribution in [0.15, 0.2) is 72.8 Å². The van der Waals surface area contributed by atoms with Crippen LogP contribution in [0.1, 0.15) is 37.3 Å². The number of benzene rings is 2. The van der Waals surface area contributed by atoms with Gasteiger partial charge in [0.25, 0.3) is 0 Å². The molecule has 0 spiro atoms. The standard InChI is InChI=1S/C23H24F2/c1-2-3-4-9-18-13-15-19(16-14-18)20-10-5-6-11-21(20)23(25)17-8-7-12-22(23)24/h5-8,10-17,22H,2-4,9H2,1H3. The Morgan fingerprint density at radius 2 is 1.72 bits per heavy atom. The van der Waals surface area contributed by atoms with Crippen LogP contribution < -0.4 is 0 Å². The van der Waals surface area contributed by atoms with E-state index in [9.17, 15) is 4.39 Å². The fourth-order valence-corrected chi connectivity index (χ4v) is 3.33. The predicted molar refractivity (Wildman–Crippen MR) is 101 cm³/mol. The zero-order chi connectivity index (χ0) is 17.7. The molecule has 2 heteroatoms. The van der Waals surface area contributed by atoms with E-state index < -0.39 is 11.8 Å². The van der Waals surface area contributed by atoms with E-state index in [4.69, 9.17) is 0 Å². The van der Waals surface area contributed by atoms with Crippen molar-refractivity contribution in [2.24, 2.45) is 0 Å². The minimum absolute atomic E-state index is 0.377. The highest BCUT2D eigenvalue weighted by Gasteiger charge is 2.40. The Kier molecular flexibility index (Phi) is 5.47. The summed E-state index contributed by atoms with van der Waals surface area (Å²) in [5.74, 6) is 0. The van der Waals surface area contributed by atoms with E-state index >= 15 is 4.39 Å². The molecule has 2 aromatic carbocycles.